The van der Waals surface area contributed by atoms with Crippen molar-refractivity contribution in [2.24, 2.45) is 0 Å². The smallest absolute Gasteiger partial charge is 0.119 e. The molecule has 0 unspecified atom stereocenters. The molecule has 1 N–H and O–H groups in total. The summed E-state index contributed by atoms with van der Waals surface area (Å²) in [6.45, 7) is 5.81. The number of benzene rings is 2. The molecule has 0 fully saturated rings. The van der Waals surface area contributed by atoms with Crippen molar-refractivity contribution in [3.05, 3.63) is 54.1 Å². The van der Waals surface area contributed by atoms with Gasteiger partial charge in [-0.2, -0.15) is 0 Å². The average molecular weight is 282 g/mol. The van der Waals surface area contributed by atoms with Crippen LogP contribution in [0.1, 0.15) is 12.0 Å². The molecule has 0 atom stereocenters. The SMILES string of the molecule is Cc1cccc(OCCN2CCCNc3ccccc32)c1. The summed E-state index contributed by atoms with van der Waals surface area (Å²) in [6, 6.07) is 16.7. The van der Waals surface area contributed by atoms with Gasteiger partial charge in [-0.15, -0.1) is 0 Å². The van der Waals surface area contributed by atoms with Gasteiger partial charge < -0.3 is 15.0 Å². The third-order valence-corrected chi connectivity index (χ3v) is 3.78. The van der Waals surface area contributed by atoms with E-state index in [2.05, 4.69) is 53.5 Å². The second-order valence-electron chi connectivity index (χ2n) is 5.45. The van der Waals surface area contributed by atoms with Crippen molar-refractivity contribution >= 4 is 11.4 Å². The first-order valence-corrected chi connectivity index (χ1v) is 7.60. The zero-order valence-electron chi connectivity index (χ0n) is 12.5. The molecule has 1 heterocycles. The van der Waals surface area contributed by atoms with E-state index in [4.69, 9.17) is 4.74 Å². The predicted molar refractivity (Wildman–Crippen MR) is 88.4 cm³/mol. The summed E-state index contributed by atoms with van der Waals surface area (Å²) in [5, 5.41) is 3.49. The Labute approximate surface area is 126 Å². The van der Waals surface area contributed by atoms with E-state index in [1.54, 1.807) is 0 Å². The fraction of sp³-hybridized carbons (Fsp3) is 0.333. The van der Waals surface area contributed by atoms with Crippen LogP contribution in [0.2, 0.25) is 0 Å². The lowest BCUT2D eigenvalue weighted by Crippen LogP contribution is -2.29. The Hall–Kier alpha value is -2.16. The van der Waals surface area contributed by atoms with Gasteiger partial charge in [0.1, 0.15) is 12.4 Å². The van der Waals surface area contributed by atoms with Crippen molar-refractivity contribution in [1.29, 1.82) is 0 Å². The zero-order valence-corrected chi connectivity index (χ0v) is 12.5. The molecule has 0 amide bonds. The van der Waals surface area contributed by atoms with Gasteiger partial charge >= 0.3 is 0 Å². The van der Waals surface area contributed by atoms with Gasteiger partial charge in [0, 0.05) is 13.1 Å². The highest BCUT2D eigenvalue weighted by Gasteiger charge is 2.13. The Bertz CT molecular complexity index is 597. The topological polar surface area (TPSA) is 24.5 Å². The maximum Gasteiger partial charge on any atom is 0.119 e. The van der Waals surface area contributed by atoms with E-state index in [1.807, 2.05) is 12.1 Å². The molecule has 110 valence electrons. The standard InChI is InChI=1S/C18H22N2O/c1-15-6-4-7-16(14-15)21-13-12-20-11-5-10-19-17-8-2-3-9-18(17)20/h2-4,6-9,14,19H,5,10-13H2,1H3. The number of ether oxygens (including phenoxy) is 1. The second kappa shape index (κ2) is 6.53. The molecule has 0 aliphatic carbocycles. The number of aryl methyl sites for hydroxylation is 1. The molecule has 0 spiro atoms. The number of nitrogens with one attached hydrogen (secondary N) is 1. The molecule has 3 rings (SSSR count). The molecule has 3 nitrogen and oxygen atoms in total. The summed E-state index contributed by atoms with van der Waals surface area (Å²) in [4.78, 5) is 2.41. The average Bonchev–Trinajstić information content (AvgIpc) is 2.70. The molecule has 1 aliphatic rings. The van der Waals surface area contributed by atoms with Crippen LogP contribution in [0.25, 0.3) is 0 Å². The lowest BCUT2D eigenvalue weighted by molar-refractivity contribution is 0.323. The van der Waals surface area contributed by atoms with Gasteiger partial charge in [0.05, 0.1) is 17.9 Å². The van der Waals surface area contributed by atoms with E-state index in [0.717, 1.165) is 31.8 Å². The minimum Gasteiger partial charge on any atom is -0.492 e. The highest BCUT2D eigenvalue weighted by molar-refractivity contribution is 5.70. The van der Waals surface area contributed by atoms with Crippen molar-refractivity contribution in [3.63, 3.8) is 0 Å². The summed E-state index contributed by atoms with van der Waals surface area (Å²) in [5.41, 5.74) is 3.74. The number of hydrogen-bond donors (Lipinski definition) is 1. The third kappa shape index (κ3) is 3.48. The highest BCUT2D eigenvalue weighted by Crippen LogP contribution is 2.27. The number of nitrogens with zero attached hydrogens (tertiary/aromatic N) is 1. The van der Waals surface area contributed by atoms with Gasteiger partial charge in [-0.3, -0.25) is 0 Å². The summed E-state index contributed by atoms with van der Waals surface area (Å²) in [6.07, 6.45) is 1.15. The first kappa shape index (κ1) is 13.8. The molecule has 0 saturated heterocycles. The van der Waals surface area contributed by atoms with Crippen LogP contribution in [0.5, 0.6) is 5.75 Å². The normalized spacial score (nSPS) is 14.0. The van der Waals surface area contributed by atoms with Gasteiger partial charge in [-0.25, -0.2) is 0 Å². The summed E-state index contributed by atoms with van der Waals surface area (Å²) < 4.78 is 5.88. The Balaban J connectivity index is 1.62. The number of rotatable bonds is 4. The minimum absolute atomic E-state index is 0.706. The Morgan fingerprint density at radius 2 is 2.05 bits per heavy atom. The first-order chi connectivity index (χ1) is 10.3. The fourth-order valence-corrected chi connectivity index (χ4v) is 2.72. The monoisotopic (exact) mass is 282 g/mol. The van der Waals surface area contributed by atoms with Crippen LogP contribution in [-0.2, 0) is 0 Å². The van der Waals surface area contributed by atoms with Crippen molar-refractivity contribution < 1.29 is 4.74 Å². The van der Waals surface area contributed by atoms with E-state index in [9.17, 15) is 0 Å². The molecule has 0 radical (unpaired) electrons. The molecule has 21 heavy (non-hydrogen) atoms. The first-order valence-electron chi connectivity index (χ1n) is 7.60. The van der Waals surface area contributed by atoms with Gasteiger partial charge in [0.2, 0.25) is 0 Å². The molecule has 0 saturated carbocycles. The molecule has 3 heteroatoms. The van der Waals surface area contributed by atoms with E-state index in [1.165, 1.54) is 16.9 Å². The van der Waals surface area contributed by atoms with Crippen LogP contribution in [0.3, 0.4) is 0 Å². The van der Waals surface area contributed by atoms with Gasteiger partial charge in [-0.05, 0) is 43.2 Å². The van der Waals surface area contributed by atoms with E-state index in [-0.39, 0.29) is 0 Å². The van der Waals surface area contributed by atoms with Crippen LogP contribution in [0, 0.1) is 6.92 Å². The van der Waals surface area contributed by atoms with Gasteiger partial charge in [0.25, 0.3) is 0 Å². The van der Waals surface area contributed by atoms with Crippen molar-refractivity contribution in [2.45, 2.75) is 13.3 Å². The maximum absolute atomic E-state index is 5.88. The van der Waals surface area contributed by atoms with Crippen LogP contribution >= 0.6 is 0 Å². The van der Waals surface area contributed by atoms with Crippen molar-refractivity contribution in [1.82, 2.24) is 0 Å². The quantitative estimate of drug-likeness (QED) is 0.925. The molecule has 1 aliphatic heterocycles. The second-order valence-corrected chi connectivity index (χ2v) is 5.45. The van der Waals surface area contributed by atoms with E-state index >= 15 is 0 Å². The predicted octanol–water partition coefficient (Wildman–Crippen LogP) is 3.70. The van der Waals surface area contributed by atoms with Crippen LogP contribution in [0.4, 0.5) is 11.4 Å². The summed E-state index contributed by atoms with van der Waals surface area (Å²) >= 11 is 0. The molecule has 0 aromatic heterocycles. The van der Waals surface area contributed by atoms with E-state index in [0.29, 0.717) is 6.61 Å². The fourth-order valence-electron chi connectivity index (χ4n) is 2.72. The zero-order chi connectivity index (χ0) is 14.5. The summed E-state index contributed by atoms with van der Waals surface area (Å²) in [7, 11) is 0. The molecule has 0 bridgehead atoms. The molecular weight excluding hydrogens is 260 g/mol. The van der Waals surface area contributed by atoms with Gasteiger partial charge in [0.15, 0.2) is 0 Å². The summed E-state index contributed by atoms with van der Waals surface area (Å²) in [5.74, 6) is 0.955. The van der Waals surface area contributed by atoms with Crippen molar-refractivity contribution in [2.75, 3.05) is 36.5 Å². The lowest BCUT2D eigenvalue weighted by Gasteiger charge is -2.24. The van der Waals surface area contributed by atoms with Crippen LogP contribution in [-0.4, -0.2) is 26.2 Å². The maximum atomic E-state index is 5.88. The van der Waals surface area contributed by atoms with Crippen LogP contribution in [0.15, 0.2) is 48.5 Å². The number of fused-ring (bicyclic) bond motifs is 1. The van der Waals surface area contributed by atoms with E-state index < -0.39 is 0 Å². The number of para-hydroxylation sites is 2. The highest BCUT2D eigenvalue weighted by atomic mass is 16.5. The number of anilines is 2. The third-order valence-electron chi connectivity index (χ3n) is 3.78. The largest absolute Gasteiger partial charge is 0.492 e. The minimum atomic E-state index is 0.706. The molecule has 2 aromatic rings. The lowest BCUT2D eigenvalue weighted by atomic mass is 10.2. The van der Waals surface area contributed by atoms with Crippen LogP contribution < -0.4 is 15.0 Å². The Morgan fingerprint density at radius 1 is 1.14 bits per heavy atom. The molecular formula is C18H22N2O. The Morgan fingerprint density at radius 3 is 2.95 bits per heavy atom. The molecule has 2 aromatic carbocycles. The Kier molecular flexibility index (Phi) is 4.29. The number of hydrogen-bond acceptors (Lipinski definition) is 3. The van der Waals surface area contributed by atoms with Crippen molar-refractivity contribution in [3.8, 4) is 5.75 Å². The van der Waals surface area contributed by atoms with Gasteiger partial charge in [-0.1, -0.05) is 24.3 Å².